The van der Waals surface area contributed by atoms with Gasteiger partial charge in [-0.1, -0.05) is 0 Å². The van der Waals surface area contributed by atoms with Crippen LogP contribution in [0.1, 0.15) is 16.1 Å². The number of fused-ring (bicyclic) bond motifs is 1. The Kier molecular flexibility index (Phi) is 3.14. The fraction of sp³-hybridized carbons (Fsp3) is 0.182. The number of hydrogen-bond donors (Lipinski definition) is 0. The van der Waals surface area contributed by atoms with E-state index in [1.165, 1.54) is 33.6 Å². The second-order valence-corrected chi connectivity index (χ2v) is 4.11. The van der Waals surface area contributed by atoms with E-state index in [0.29, 0.717) is 0 Å². The maximum Gasteiger partial charge on any atom is 0.353 e. The first-order valence-electron chi connectivity index (χ1n) is 4.84. The minimum absolute atomic E-state index is 0.0139. The monoisotopic (exact) mass is 344 g/mol. The largest absolute Gasteiger partial charge is 0.391 e. The maximum absolute atomic E-state index is 11.9. The molecule has 0 amide bonds. The molecule has 2 heterocycles. The number of aryl methyl sites for hydroxylation is 2. The molecule has 0 N–H and O–H groups in total. The van der Waals surface area contributed by atoms with Gasteiger partial charge in [0.25, 0.3) is 5.56 Å². The van der Waals surface area contributed by atoms with Gasteiger partial charge < -0.3 is 7.63 Å². The lowest BCUT2D eigenvalue weighted by Gasteiger charge is -2.07. The third kappa shape index (κ3) is 2.04. The molecule has 17 heavy (non-hydrogen) atoms. The zero-order valence-electron chi connectivity index (χ0n) is 9.23. The van der Waals surface area contributed by atoms with Crippen molar-refractivity contribution in [3.05, 3.63) is 39.9 Å². The molecule has 0 bridgehead atoms. The number of aromatic nitrogens is 2. The van der Waals surface area contributed by atoms with Gasteiger partial charge in [-0.2, -0.15) is 0 Å². The Morgan fingerprint density at radius 1 is 1.47 bits per heavy atom. The summed E-state index contributed by atoms with van der Waals surface area (Å²) in [7, 11) is 1.62. The van der Waals surface area contributed by atoms with Gasteiger partial charge in [-0.3, -0.25) is 9.78 Å². The van der Waals surface area contributed by atoms with Crippen LogP contribution >= 0.6 is 23.0 Å². The fourth-order valence-electron chi connectivity index (χ4n) is 1.65. The van der Waals surface area contributed by atoms with Crippen molar-refractivity contribution in [3.8, 4) is 0 Å². The molecule has 0 aliphatic rings. The SMILES string of the molecule is Cc1cc2c(cn1)cc(C(=O)OI)c(=O)n2C. The van der Waals surface area contributed by atoms with E-state index >= 15 is 0 Å². The highest BCUT2D eigenvalue weighted by atomic mass is 127. The van der Waals surface area contributed by atoms with E-state index in [-0.39, 0.29) is 11.1 Å². The Labute approximate surface area is 111 Å². The van der Waals surface area contributed by atoms with E-state index in [1.807, 2.05) is 6.92 Å². The zero-order chi connectivity index (χ0) is 12.6. The Bertz CT molecular complexity index is 664. The van der Waals surface area contributed by atoms with Crippen LogP contribution in [0.3, 0.4) is 0 Å². The van der Waals surface area contributed by atoms with Crippen LogP contribution in [0.15, 0.2) is 23.1 Å². The lowest BCUT2D eigenvalue weighted by Crippen LogP contribution is -2.24. The highest BCUT2D eigenvalue weighted by Gasteiger charge is 2.15. The molecule has 2 aromatic rings. The molecular weight excluding hydrogens is 335 g/mol. The van der Waals surface area contributed by atoms with Crippen LogP contribution in [0.5, 0.6) is 0 Å². The standard InChI is InChI=1S/C11H9IN2O3/c1-6-3-9-7(5-13-6)4-8(11(16)17-12)10(15)14(9)2/h3-5H,1-2H3. The van der Waals surface area contributed by atoms with Gasteiger partial charge >= 0.3 is 5.97 Å². The molecule has 0 aliphatic heterocycles. The third-order valence-electron chi connectivity index (χ3n) is 2.53. The summed E-state index contributed by atoms with van der Waals surface area (Å²) in [5.41, 5.74) is 1.20. The average Bonchev–Trinajstić information content (AvgIpc) is 2.33. The summed E-state index contributed by atoms with van der Waals surface area (Å²) in [4.78, 5) is 27.5. The molecule has 0 aromatic carbocycles. The molecular formula is C11H9IN2O3. The molecule has 2 aromatic heterocycles. The predicted octanol–water partition coefficient (Wildman–Crippen LogP) is 1.75. The molecule has 5 nitrogen and oxygen atoms in total. The van der Waals surface area contributed by atoms with Gasteiger partial charge in [-0.05, 0) is 19.1 Å². The van der Waals surface area contributed by atoms with Gasteiger partial charge in [0, 0.05) is 24.3 Å². The van der Waals surface area contributed by atoms with Crippen LogP contribution in [0.2, 0.25) is 0 Å². The first kappa shape index (κ1) is 12.0. The first-order valence-corrected chi connectivity index (χ1v) is 5.72. The summed E-state index contributed by atoms with van der Waals surface area (Å²) < 4.78 is 5.97. The van der Waals surface area contributed by atoms with Crippen LogP contribution in [0.4, 0.5) is 0 Å². The number of carbonyl (C=O) groups is 1. The second kappa shape index (κ2) is 4.44. The summed E-state index contributed by atoms with van der Waals surface area (Å²) in [6, 6.07) is 3.31. The number of rotatable bonds is 1. The van der Waals surface area contributed by atoms with Crippen LogP contribution in [-0.2, 0) is 10.1 Å². The summed E-state index contributed by atoms with van der Waals surface area (Å²) in [6.45, 7) is 1.84. The lowest BCUT2D eigenvalue weighted by molar-refractivity contribution is 0.0798. The molecule has 0 saturated carbocycles. The number of hydrogen-bond acceptors (Lipinski definition) is 4. The van der Waals surface area contributed by atoms with Gasteiger partial charge in [-0.25, -0.2) is 4.79 Å². The predicted molar refractivity (Wildman–Crippen MR) is 71.2 cm³/mol. The van der Waals surface area contributed by atoms with E-state index in [9.17, 15) is 9.59 Å². The quantitative estimate of drug-likeness (QED) is 0.740. The molecule has 2 rings (SSSR count). The number of pyridine rings is 2. The molecule has 0 radical (unpaired) electrons. The number of nitrogens with zero attached hydrogens (tertiary/aromatic N) is 2. The van der Waals surface area contributed by atoms with Crippen molar-refractivity contribution in [2.24, 2.45) is 7.05 Å². The van der Waals surface area contributed by atoms with Crippen molar-refractivity contribution in [1.82, 2.24) is 9.55 Å². The smallest absolute Gasteiger partial charge is 0.353 e. The zero-order valence-corrected chi connectivity index (χ0v) is 11.4. The fourth-order valence-corrected chi connectivity index (χ4v) is 1.89. The minimum atomic E-state index is -0.645. The van der Waals surface area contributed by atoms with E-state index in [0.717, 1.165) is 16.6 Å². The van der Waals surface area contributed by atoms with Crippen LogP contribution in [0.25, 0.3) is 10.9 Å². The van der Waals surface area contributed by atoms with Crippen molar-refractivity contribution >= 4 is 39.9 Å². The van der Waals surface area contributed by atoms with Gasteiger partial charge in [0.2, 0.25) is 0 Å². The number of carbonyl (C=O) groups excluding carboxylic acids is 1. The summed E-state index contributed by atoms with van der Waals surface area (Å²) >= 11 is 1.46. The van der Waals surface area contributed by atoms with Gasteiger partial charge in [-0.15, -0.1) is 0 Å². The molecule has 0 fully saturated rings. The highest BCUT2D eigenvalue weighted by Crippen LogP contribution is 2.13. The minimum Gasteiger partial charge on any atom is -0.391 e. The molecule has 0 atom stereocenters. The molecule has 0 spiro atoms. The molecule has 0 unspecified atom stereocenters. The van der Waals surface area contributed by atoms with Gasteiger partial charge in [0.1, 0.15) is 5.56 Å². The van der Waals surface area contributed by atoms with Gasteiger partial charge in [0.15, 0.2) is 23.0 Å². The van der Waals surface area contributed by atoms with Crippen LogP contribution in [-0.4, -0.2) is 15.5 Å². The summed E-state index contributed by atoms with van der Waals surface area (Å²) in [6.07, 6.45) is 1.63. The topological polar surface area (TPSA) is 61.2 Å². The Balaban J connectivity index is 2.84. The molecule has 0 aliphatic carbocycles. The van der Waals surface area contributed by atoms with Crippen LogP contribution < -0.4 is 5.56 Å². The summed E-state index contributed by atoms with van der Waals surface area (Å²) in [5.74, 6) is -0.645. The molecule has 0 saturated heterocycles. The van der Waals surface area contributed by atoms with E-state index < -0.39 is 5.97 Å². The third-order valence-corrected chi connectivity index (χ3v) is 2.93. The Hall–Kier alpha value is -1.44. The first-order chi connectivity index (χ1) is 8.04. The maximum atomic E-state index is 11.9. The van der Waals surface area contributed by atoms with E-state index in [1.54, 1.807) is 19.3 Å². The van der Waals surface area contributed by atoms with Crippen molar-refractivity contribution in [1.29, 1.82) is 0 Å². The number of halogens is 1. The Morgan fingerprint density at radius 3 is 2.82 bits per heavy atom. The highest BCUT2D eigenvalue weighted by molar-refractivity contribution is 14.1. The van der Waals surface area contributed by atoms with Crippen molar-refractivity contribution < 1.29 is 7.86 Å². The van der Waals surface area contributed by atoms with Gasteiger partial charge in [0.05, 0.1) is 5.52 Å². The summed E-state index contributed by atoms with van der Waals surface area (Å²) in [5, 5.41) is 0.731. The average molecular weight is 344 g/mol. The molecule has 6 heteroatoms. The van der Waals surface area contributed by atoms with Crippen molar-refractivity contribution in [2.75, 3.05) is 0 Å². The Morgan fingerprint density at radius 2 is 2.18 bits per heavy atom. The second-order valence-electron chi connectivity index (χ2n) is 3.67. The van der Waals surface area contributed by atoms with E-state index in [2.05, 4.69) is 8.05 Å². The molecule has 88 valence electrons. The van der Waals surface area contributed by atoms with E-state index in [4.69, 9.17) is 0 Å². The van der Waals surface area contributed by atoms with Crippen LogP contribution in [0, 0.1) is 6.92 Å². The normalized spacial score (nSPS) is 10.5. The lowest BCUT2D eigenvalue weighted by atomic mass is 10.2. The van der Waals surface area contributed by atoms with Crippen molar-refractivity contribution in [3.63, 3.8) is 0 Å². The van der Waals surface area contributed by atoms with Crippen molar-refractivity contribution in [2.45, 2.75) is 6.92 Å².